The molecule has 0 atom stereocenters. The zero-order chi connectivity index (χ0) is 48.5. The quantitative estimate of drug-likeness (QED) is 0.0670. The smallest absolute Gasteiger partial charge is 0.382 e. The number of nitrogens with one attached hydrogen (secondary N) is 5. The van der Waals surface area contributed by atoms with E-state index in [2.05, 4.69) is 62.7 Å². The molecule has 4 aromatic heterocycles. The van der Waals surface area contributed by atoms with Gasteiger partial charge in [0, 0.05) is 65.2 Å². The van der Waals surface area contributed by atoms with Gasteiger partial charge in [-0.3, -0.25) is 9.59 Å². The van der Waals surface area contributed by atoms with Gasteiger partial charge < -0.3 is 26.6 Å². The number of hydrogen-bond acceptors (Lipinski definition) is 9. The molecular weight excluding hydrogens is 970 g/mol. The Morgan fingerprint density at radius 1 is 0.647 bits per heavy atom. The third kappa shape index (κ3) is 11.8. The molecule has 0 bridgehead atoms. The molecule has 2 saturated carbocycles. The Bertz CT molecular complexity index is 3020. The van der Waals surface area contributed by atoms with E-state index in [1.54, 1.807) is 41.0 Å². The molecule has 0 aliphatic heterocycles. The van der Waals surface area contributed by atoms with E-state index in [1.807, 2.05) is 26.0 Å². The van der Waals surface area contributed by atoms with Gasteiger partial charge in [-0.1, -0.05) is 12.1 Å². The lowest BCUT2D eigenvalue weighted by Crippen LogP contribution is -2.26. The number of benzene rings is 3. The fourth-order valence-corrected chi connectivity index (χ4v) is 7.55. The molecular formula is C46H42BrF8N11O2. The van der Waals surface area contributed by atoms with Crippen molar-refractivity contribution in [1.29, 1.82) is 0 Å². The number of aryl methyl sites for hydroxylation is 2. The Hall–Kier alpha value is -6.84. The zero-order valence-electron chi connectivity index (χ0n) is 36.2. The number of hydrogen-bond donors (Lipinski definition) is 5. The first-order valence-corrected chi connectivity index (χ1v) is 22.2. The fraction of sp³-hybridized carbons (Fsp3) is 0.304. The highest BCUT2D eigenvalue weighted by Crippen LogP contribution is 2.32. The van der Waals surface area contributed by atoms with Crippen LogP contribution in [0.25, 0.3) is 33.8 Å². The molecule has 0 radical (unpaired) electrons. The second kappa shape index (κ2) is 19.4. The maximum atomic E-state index is 13.7. The Morgan fingerprint density at radius 3 is 1.59 bits per heavy atom. The van der Waals surface area contributed by atoms with E-state index >= 15 is 0 Å². The third-order valence-corrected chi connectivity index (χ3v) is 11.3. The van der Waals surface area contributed by atoms with Gasteiger partial charge in [0.2, 0.25) is 0 Å². The molecule has 9 rings (SSSR count). The molecule has 68 heavy (non-hydrogen) atoms. The van der Waals surface area contributed by atoms with E-state index in [1.165, 1.54) is 22.8 Å². The first-order valence-electron chi connectivity index (χ1n) is 21.4. The van der Waals surface area contributed by atoms with Crippen LogP contribution in [-0.4, -0.2) is 78.5 Å². The van der Waals surface area contributed by atoms with Crippen LogP contribution in [0.4, 0.5) is 58.0 Å². The number of halogens is 9. The van der Waals surface area contributed by atoms with E-state index in [0.717, 1.165) is 54.5 Å². The molecule has 22 heteroatoms. The van der Waals surface area contributed by atoms with Crippen molar-refractivity contribution in [2.45, 2.75) is 76.8 Å². The van der Waals surface area contributed by atoms with Crippen LogP contribution in [0.5, 0.6) is 0 Å². The number of amides is 2. The van der Waals surface area contributed by atoms with Crippen LogP contribution in [0.3, 0.4) is 0 Å². The molecule has 0 unspecified atom stereocenters. The summed E-state index contributed by atoms with van der Waals surface area (Å²) in [5.41, 5.74) is 6.96. The molecule has 5 N–H and O–H groups in total. The number of fused-ring (bicyclic) bond motifs is 2. The normalized spacial score (nSPS) is 13.8. The molecule has 2 fully saturated rings. The molecule has 356 valence electrons. The highest BCUT2D eigenvalue weighted by atomic mass is 79.9. The molecule has 7 aromatic rings. The lowest BCUT2D eigenvalue weighted by Gasteiger charge is -2.14. The first kappa shape index (κ1) is 47.6. The zero-order valence-corrected chi connectivity index (χ0v) is 37.8. The van der Waals surface area contributed by atoms with E-state index in [-0.39, 0.29) is 53.3 Å². The number of alkyl halides is 6. The molecule has 13 nitrogen and oxygen atoms in total. The van der Waals surface area contributed by atoms with Crippen LogP contribution in [0.1, 0.15) is 70.4 Å². The summed E-state index contributed by atoms with van der Waals surface area (Å²) in [5, 5.41) is 23.2. The van der Waals surface area contributed by atoms with Crippen molar-refractivity contribution in [2.24, 2.45) is 0 Å². The molecule has 2 amide bonds. The fourth-order valence-electron chi connectivity index (χ4n) is 7.16. The van der Waals surface area contributed by atoms with E-state index in [0.29, 0.717) is 44.0 Å². The minimum Gasteiger partial charge on any atom is -0.382 e. The summed E-state index contributed by atoms with van der Waals surface area (Å²) in [4.78, 5) is 33.6. The summed E-state index contributed by atoms with van der Waals surface area (Å²) < 4.78 is 106. The van der Waals surface area contributed by atoms with E-state index in [4.69, 9.17) is 0 Å². The summed E-state index contributed by atoms with van der Waals surface area (Å²) in [6.45, 7) is 3.01. The average Bonchev–Trinajstić information content (AvgIpc) is 4.18. The Balaban J connectivity index is 0.000000189. The SMILES string of the molecule is Cc1cc(-c2cnc3c(NCCC(F)(F)F)cc(Br)nn23)ccc1C(=O)NC1CC1.Cc1cc(-c2cnc3c(NCCC(F)(F)F)cc(Nc4ccc(F)c(F)c4)nn23)ccc1C(=O)NC1CC1. The van der Waals surface area contributed by atoms with Crippen molar-refractivity contribution in [1.82, 2.24) is 39.8 Å². The number of carbonyl (C=O) groups excluding carboxylic acids is 2. The van der Waals surface area contributed by atoms with Gasteiger partial charge in [0.1, 0.15) is 4.60 Å². The third-order valence-electron chi connectivity index (χ3n) is 10.9. The van der Waals surface area contributed by atoms with Crippen LogP contribution >= 0.6 is 15.9 Å². The van der Waals surface area contributed by atoms with Gasteiger partial charge in [-0.15, -0.1) is 5.10 Å². The number of rotatable bonds is 14. The summed E-state index contributed by atoms with van der Waals surface area (Å²) in [7, 11) is 0. The predicted molar refractivity (Wildman–Crippen MR) is 243 cm³/mol. The van der Waals surface area contributed by atoms with Crippen LogP contribution in [0, 0.1) is 25.5 Å². The van der Waals surface area contributed by atoms with Crippen molar-refractivity contribution in [3.05, 3.63) is 118 Å². The average molecular weight is 1010 g/mol. The topological polar surface area (TPSA) is 155 Å². The van der Waals surface area contributed by atoms with Crippen LogP contribution in [0.15, 0.2) is 83.7 Å². The lowest BCUT2D eigenvalue weighted by atomic mass is 10.0. The van der Waals surface area contributed by atoms with Gasteiger partial charge in [0.15, 0.2) is 28.7 Å². The maximum absolute atomic E-state index is 13.7. The summed E-state index contributed by atoms with van der Waals surface area (Å²) in [6, 6.07) is 17.5. The van der Waals surface area contributed by atoms with Crippen molar-refractivity contribution < 1.29 is 44.7 Å². The maximum Gasteiger partial charge on any atom is 0.390 e. The van der Waals surface area contributed by atoms with Crippen molar-refractivity contribution in [3.63, 3.8) is 0 Å². The molecule has 0 spiro atoms. The second-order valence-electron chi connectivity index (χ2n) is 16.5. The number of carbonyl (C=O) groups is 2. The monoisotopic (exact) mass is 1010 g/mol. The summed E-state index contributed by atoms with van der Waals surface area (Å²) in [6.07, 6.45) is -3.49. The van der Waals surface area contributed by atoms with Crippen LogP contribution in [0.2, 0.25) is 0 Å². The number of aromatic nitrogens is 6. The van der Waals surface area contributed by atoms with Gasteiger partial charge >= 0.3 is 12.4 Å². The van der Waals surface area contributed by atoms with Crippen molar-refractivity contribution >= 4 is 61.9 Å². The Labute approximate surface area is 391 Å². The first-order chi connectivity index (χ1) is 32.3. The molecule has 4 heterocycles. The number of nitrogens with zero attached hydrogens (tertiary/aromatic N) is 6. The standard InChI is InChI=1S/C26H23F5N6O.C20H19BrF3N5O/c1-14-10-15(2-6-18(14)25(38)35-16-3-4-16)22-13-33-24-21(32-9-8-26(29,30)31)12-23(36-37(22)24)34-17-5-7-19(27)20(28)11-17;1-11-8-12(2-5-14(11)19(30)27-13-3-4-13)16-10-26-18-15(9-17(21)28-29(16)18)25-7-6-20(22,23)24/h2,5-7,10-13,16,32H,3-4,8-9H2,1H3,(H,34,36)(H,35,38);2,5,8-10,13,25H,3-4,6-7H2,1H3,(H,27,30). The minimum absolute atomic E-state index is 0.0864. The van der Waals surface area contributed by atoms with Gasteiger partial charge in [-0.25, -0.2) is 27.8 Å². The van der Waals surface area contributed by atoms with Gasteiger partial charge in [-0.05, 0) is 109 Å². The predicted octanol–water partition coefficient (Wildman–Crippen LogP) is 10.7. The van der Waals surface area contributed by atoms with E-state index < -0.39 is 43.4 Å². The molecule has 2 aliphatic carbocycles. The lowest BCUT2D eigenvalue weighted by molar-refractivity contribution is -0.132. The van der Waals surface area contributed by atoms with E-state index in [9.17, 15) is 44.7 Å². The Kier molecular flexibility index (Phi) is 13.6. The summed E-state index contributed by atoms with van der Waals surface area (Å²) >= 11 is 3.31. The molecule has 0 saturated heterocycles. The van der Waals surface area contributed by atoms with Gasteiger partial charge in [0.25, 0.3) is 11.8 Å². The van der Waals surface area contributed by atoms with Gasteiger partial charge in [0.05, 0.1) is 48.0 Å². The number of imidazole rings is 2. The highest BCUT2D eigenvalue weighted by Gasteiger charge is 2.29. The van der Waals surface area contributed by atoms with Gasteiger partial charge in [-0.2, -0.15) is 31.4 Å². The minimum atomic E-state index is -4.35. The number of anilines is 4. The Morgan fingerprint density at radius 2 is 1.13 bits per heavy atom. The molecule has 3 aromatic carbocycles. The van der Waals surface area contributed by atoms with Crippen molar-refractivity contribution in [3.8, 4) is 22.5 Å². The van der Waals surface area contributed by atoms with Crippen LogP contribution < -0.4 is 26.6 Å². The highest BCUT2D eigenvalue weighted by molar-refractivity contribution is 9.10. The van der Waals surface area contributed by atoms with Crippen LogP contribution in [-0.2, 0) is 0 Å². The largest absolute Gasteiger partial charge is 0.390 e. The summed E-state index contributed by atoms with van der Waals surface area (Å²) in [5.74, 6) is -2.16. The second-order valence-corrected chi connectivity index (χ2v) is 17.3. The van der Waals surface area contributed by atoms with Crippen molar-refractivity contribution in [2.75, 3.05) is 29.0 Å². The molecule has 2 aliphatic rings.